The van der Waals surface area contributed by atoms with Gasteiger partial charge in [-0.05, 0) is 28.1 Å². The van der Waals surface area contributed by atoms with Crippen molar-refractivity contribution in [2.45, 2.75) is 6.42 Å². The summed E-state index contributed by atoms with van der Waals surface area (Å²) >= 11 is 3.22. The minimum Gasteiger partial charge on any atom is -0.492 e. The van der Waals surface area contributed by atoms with Crippen LogP contribution in [0.5, 0.6) is 5.75 Å². The van der Waals surface area contributed by atoms with E-state index in [1.807, 2.05) is 0 Å². The van der Waals surface area contributed by atoms with Crippen molar-refractivity contribution in [2.24, 2.45) is 0 Å². The van der Waals surface area contributed by atoms with Crippen molar-refractivity contribution in [3.8, 4) is 5.75 Å². The van der Waals surface area contributed by atoms with Crippen molar-refractivity contribution >= 4 is 21.8 Å². The van der Waals surface area contributed by atoms with Crippen LogP contribution in [-0.2, 0) is 4.79 Å². The molecule has 0 aromatic heterocycles. The fourth-order valence-corrected chi connectivity index (χ4v) is 1.33. The third-order valence-corrected chi connectivity index (χ3v) is 2.41. The van der Waals surface area contributed by atoms with E-state index in [9.17, 15) is 9.18 Å². The van der Waals surface area contributed by atoms with Gasteiger partial charge in [-0.15, -0.1) is 0 Å². The molecule has 0 aliphatic heterocycles. The first-order chi connectivity index (χ1) is 7.13. The highest BCUT2D eigenvalue weighted by Crippen LogP contribution is 2.25. The molecule has 0 aliphatic carbocycles. The van der Waals surface area contributed by atoms with Crippen LogP contribution in [0, 0.1) is 5.82 Å². The number of rotatable bonds is 4. The number of ether oxygens (including phenoxy) is 1. The maximum atomic E-state index is 12.8. The van der Waals surface area contributed by atoms with Gasteiger partial charge in [0.1, 0.15) is 11.6 Å². The molecule has 82 valence electrons. The van der Waals surface area contributed by atoms with Gasteiger partial charge in [0.25, 0.3) is 0 Å². The number of carbonyl (C=O) groups is 1. The lowest BCUT2D eigenvalue weighted by atomic mass is 10.3. The average Bonchev–Trinajstić information content (AvgIpc) is 2.23. The number of hydrogen-bond donors (Lipinski definition) is 1. The average molecular weight is 276 g/mol. The molecule has 0 fully saturated rings. The fourth-order valence-electron chi connectivity index (χ4n) is 0.966. The molecular weight excluding hydrogens is 265 g/mol. The Kier molecular flexibility index (Phi) is 4.55. The third kappa shape index (κ3) is 3.87. The van der Waals surface area contributed by atoms with Crippen molar-refractivity contribution in [3.63, 3.8) is 0 Å². The summed E-state index contributed by atoms with van der Waals surface area (Å²) in [6, 6.07) is 4.16. The quantitative estimate of drug-likeness (QED) is 0.914. The minimum absolute atomic E-state index is 0.109. The lowest BCUT2D eigenvalue weighted by molar-refractivity contribution is -0.121. The molecule has 3 nitrogen and oxygen atoms in total. The largest absolute Gasteiger partial charge is 0.492 e. The van der Waals surface area contributed by atoms with Gasteiger partial charge in [0.15, 0.2) is 0 Å². The Morgan fingerprint density at radius 1 is 1.60 bits per heavy atom. The number of benzene rings is 1. The summed E-state index contributed by atoms with van der Waals surface area (Å²) in [5.41, 5.74) is 0. The van der Waals surface area contributed by atoms with Crippen molar-refractivity contribution in [2.75, 3.05) is 13.7 Å². The van der Waals surface area contributed by atoms with Crippen LogP contribution < -0.4 is 10.1 Å². The fraction of sp³-hybridized carbons (Fsp3) is 0.300. The van der Waals surface area contributed by atoms with Gasteiger partial charge in [-0.25, -0.2) is 4.39 Å². The highest BCUT2D eigenvalue weighted by atomic mass is 79.9. The van der Waals surface area contributed by atoms with Crippen LogP contribution in [0.3, 0.4) is 0 Å². The van der Waals surface area contributed by atoms with Gasteiger partial charge in [0, 0.05) is 13.1 Å². The Bertz CT molecular complexity index is 357. The van der Waals surface area contributed by atoms with E-state index in [2.05, 4.69) is 21.2 Å². The Balaban J connectivity index is 2.50. The molecule has 1 aromatic rings. The van der Waals surface area contributed by atoms with Crippen LogP contribution in [0.4, 0.5) is 4.39 Å². The Labute approximate surface area is 95.7 Å². The topological polar surface area (TPSA) is 38.3 Å². The number of halogens is 2. The van der Waals surface area contributed by atoms with Gasteiger partial charge >= 0.3 is 0 Å². The van der Waals surface area contributed by atoms with Crippen molar-refractivity contribution < 1.29 is 13.9 Å². The van der Waals surface area contributed by atoms with Crippen LogP contribution >= 0.6 is 15.9 Å². The SMILES string of the molecule is CNC(=O)CCOc1cc(F)ccc1Br. The van der Waals surface area contributed by atoms with Crippen LogP contribution in [-0.4, -0.2) is 19.6 Å². The van der Waals surface area contributed by atoms with Gasteiger partial charge in [-0.3, -0.25) is 4.79 Å². The zero-order valence-corrected chi connectivity index (χ0v) is 9.80. The second-order valence-electron chi connectivity index (χ2n) is 2.85. The normalized spacial score (nSPS) is 9.80. The summed E-state index contributed by atoms with van der Waals surface area (Å²) in [7, 11) is 1.56. The molecule has 0 unspecified atom stereocenters. The standard InChI is InChI=1S/C10H11BrFNO2/c1-13-10(14)4-5-15-9-6-7(12)2-3-8(9)11/h2-3,6H,4-5H2,1H3,(H,13,14). The maximum Gasteiger partial charge on any atom is 0.223 e. The maximum absolute atomic E-state index is 12.8. The molecule has 0 saturated heterocycles. The second kappa shape index (κ2) is 5.70. The van der Waals surface area contributed by atoms with Gasteiger partial charge in [-0.2, -0.15) is 0 Å². The predicted molar refractivity (Wildman–Crippen MR) is 58.3 cm³/mol. The Morgan fingerprint density at radius 2 is 2.33 bits per heavy atom. The van der Waals surface area contributed by atoms with Gasteiger partial charge in [0.05, 0.1) is 17.5 Å². The molecule has 0 aliphatic rings. The first kappa shape index (κ1) is 12.0. The van der Waals surface area contributed by atoms with Crippen LogP contribution in [0.2, 0.25) is 0 Å². The minimum atomic E-state index is -0.367. The van der Waals surface area contributed by atoms with E-state index >= 15 is 0 Å². The molecule has 1 amide bonds. The summed E-state index contributed by atoms with van der Waals surface area (Å²) in [5, 5.41) is 2.47. The van der Waals surface area contributed by atoms with Crippen molar-refractivity contribution in [3.05, 3.63) is 28.5 Å². The van der Waals surface area contributed by atoms with Crippen LogP contribution in [0.1, 0.15) is 6.42 Å². The molecule has 1 N–H and O–H groups in total. The van der Waals surface area contributed by atoms with Crippen LogP contribution in [0.15, 0.2) is 22.7 Å². The second-order valence-corrected chi connectivity index (χ2v) is 3.70. The van der Waals surface area contributed by atoms with E-state index in [1.54, 1.807) is 13.1 Å². The molecule has 15 heavy (non-hydrogen) atoms. The first-order valence-electron chi connectivity index (χ1n) is 4.42. The molecular formula is C10H11BrFNO2. The van der Waals surface area contributed by atoms with Crippen molar-refractivity contribution in [1.29, 1.82) is 0 Å². The molecule has 0 bridgehead atoms. The van der Waals surface area contributed by atoms with Gasteiger partial charge in [-0.1, -0.05) is 0 Å². The lowest BCUT2D eigenvalue weighted by Gasteiger charge is -2.07. The zero-order chi connectivity index (χ0) is 11.3. The van der Waals surface area contributed by atoms with Gasteiger partial charge in [0.2, 0.25) is 5.91 Å². The van der Waals surface area contributed by atoms with Crippen molar-refractivity contribution in [1.82, 2.24) is 5.32 Å². The monoisotopic (exact) mass is 275 g/mol. The Hall–Kier alpha value is -1.10. The molecule has 1 aromatic carbocycles. The molecule has 0 heterocycles. The first-order valence-corrected chi connectivity index (χ1v) is 5.21. The third-order valence-electron chi connectivity index (χ3n) is 1.76. The summed E-state index contributed by atoms with van der Waals surface area (Å²) in [6.45, 7) is 0.224. The lowest BCUT2D eigenvalue weighted by Crippen LogP contribution is -2.20. The van der Waals surface area contributed by atoms with E-state index in [0.29, 0.717) is 10.2 Å². The highest BCUT2D eigenvalue weighted by Gasteiger charge is 2.04. The molecule has 0 radical (unpaired) electrons. The predicted octanol–water partition coefficient (Wildman–Crippen LogP) is 2.10. The number of carbonyl (C=O) groups excluding carboxylic acids is 1. The van der Waals surface area contributed by atoms with Gasteiger partial charge < -0.3 is 10.1 Å². The molecule has 0 spiro atoms. The highest BCUT2D eigenvalue weighted by molar-refractivity contribution is 9.10. The number of amides is 1. The van der Waals surface area contributed by atoms with Crippen LogP contribution in [0.25, 0.3) is 0 Å². The smallest absolute Gasteiger partial charge is 0.223 e. The molecule has 5 heteroatoms. The Morgan fingerprint density at radius 3 is 3.00 bits per heavy atom. The summed E-state index contributed by atoms with van der Waals surface area (Å²) in [4.78, 5) is 10.9. The van der Waals surface area contributed by atoms with E-state index in [0.717, 1.165) is 0 Å². The van der Waals surface area contributed by atoms with E-state index in [1.165, 1.54) is 12.1 Å². The van der Waals surface area contributed by atoms with E-state index in [4.69, 9.17) is 4.74 Å². The molecule has 1 rings (SSSR count). The summed E-state index contributed by atoms with van der Waals surface area (Å²) in [5.74, 6) is -0.0745. The summed E-state index contributed by atoms with van der Waals surface area (Å²) < 4.78 is 18.7. The summed E-state index contributed by atoms with van der Waals surface area (Å²) in [6.07, 6.45) is 0.249. The molecule has 0 saturated carbocycles. The zero-order valence-electron chi connectivity index (χ0n) is 8.22. The van der Waals surface area contributed by atoms with E-state index < -0.39 is 0 Å². The number of nitrogens with one attached hydrogen (secondary N) is 1. The van der Waals surface area contributed by atoms with E-state index in [-0.39, 0.29) is 24.8 Å². The molecule has 0 atom stereocenters. The number of hydrogen-bond acceptors (Lipinski definition) is 2.